The van der Waals surface area contributed by atoms with Crippen LogP contribution in [0.1, 0.15) is 39.0 Å². The molecule has 0 atom stereocenters. The average Bonchev–Trinajstić information content (AvgIpc) is 2.25. The van der Waals surface area contributed by atoms with Crippen molar-refractivity contribution >= 4 is 60.7 Å². The van der Waals surface area contributed by atoms with Gasteiger partial charge < -0.3 is 4.74 Å². The molecule has 0 aliphatic carbocycles. The summed E-state index contributed by atoms with van der Waals surface area (Å²) in [5.74, 6) is -0.258. The molecule has 0 unspecified atom stereocenters. The van der Waals surface area contributed by atoms with Crippen LogP contribution in [0.3, 0.4) is 0 Å². The monoisotopic (exact) mass is 480 g/mol. The third kappa shape index (κ3) is 13.1. The van der Waals surface area contributed by atoms with Crippen LogP contribution in [0.25, 0.3) is 0 Å². The molecule has 0 amide bonds. The number of esters is 1. The average molecular weight is 480 g/mol. The highest BCUT2D eigenvalue weighted by Gasteiger charge is 2.02. The van der Waals surface area contributed by atoms with Crippen LogP contribution < -0.4 is 0 Å². The summed E-state index contributed by atoms with van der Waals surface area (Å²) in [6.45, 7) is 5.77. The number of alkyl halides is 2. The lowest BCUT2D eigenvalue weighted by Crippen LogP contribution is -2.06. The Morgan fingerprint density at radius 2 is 1.82 bits per heavy atom. The number of ether oxygens (including phenoxy) is 1. The molecule has 0 rings (SSSR count). The fraction of sp³-hybridized carbons (Fsp3) is 0.750. The quantitative estimate of drug-likeness (QED) is 0.119. The standard InChI is InChI=1S/C12H22I2O2Si/c1-10(2)11(15)16-8-6-4-3-5-7-9-17-12(13)14/h12H,1,3-9,17H2,2H3. The summed E-state index contributed by atoms with van der Waals surface area (Å²) < 4.78 is 5.94. The minimum absolute atomic E-state index is 0.177. The van der Waals surface area contributed by atoms with Gasteiger partial charge in [0.2, 0.25) is 0 Å². The van der Waals surface area contributed by atoms with E-state index in [1.54, 1.807) is 6.92 Å². The van der Waals surface area contributed by atoms with E-state index >= 15 is 0 Å². The molecular weight excluding hydrogens is 458 g/mol. The molecule has 17 heavy (non-hydrogen) atoms. The first-order chi connectivity index (χ1) is 8.04. The SMILES string of the molecule is C=C(C)C(=O)OCCCCCCC[SiH2]C(I)I. The Balaban J connectivity index is 3.14. The van der Waals surface area contributed by atoms with Crippen molar-refractivity contribution in [3.63, 3.8) is 0 Å². The first-order valence-corrected chi connectivity index (χ1v) is 10.5. The summed E-state index contributed by atoms with van der Waals surface area (Å²) >= 11 is 5.05. The van der Waals surface area contributed by atoms with E-state index < -0.39 is 0 Å². The largest absolute Gasteiger partial charge is 0.462 e. The van der Waals surface area contributed by atoms with E-state index in [0.717, 1.165) is 7.98 Å². The minimum atomic E-state index is -0.258. The highest BCUT2D eigenvalue weighted by molar-refractivity contribution is 14.2. The van der Waals surface area contributed by atoms with Crippen molar-refractivity contribution in [2.75, 3.05) is 6.61 Å². The first kappa shape index (κ1) is 17.9. The summed E-state index contributed by atoms with van der Waals surface area (Å²) in [6, 6.07) is 1.47. The molecule has 0 bridgehead atoms. The van der Waals surface area contributed by atoms with Crippen molar-refractivity contribution in [2.24, 2.45) is 0 Å². The zero-order valence-corrected chi connectivity index (χ0v) is 16.2. The maximum absolute atomic E-state index is 11.1. The van der Waals surface area contributed by atoms with Gasteiger partial charge in [-0.25, -0.2) is 4.79 Å². The van der Waals surface area contributed by atoms with Gasteiger partial charge in [0.05, 0.1) is 6.61 Å². The van der Waals surface area contributed by atoms with Crippen LogP contribution >= 0.6 is 45.2 Å². The Labute approximate surface area is 134 Å². The highest BCUT2D eigenvalue weighted by Crippen LogP contribution is 2.12. The van der Waals surface area contributed by atoms with Gasteiger partial charge in [0.15, 0.2) is 0 Å². The van der Waals surface area contributed by atoms with Gasteiger partial charge in [-0.05, 0) is 13.3 Å². The predicted octanol–water partition coefficient (Wildman–Crippen LogP) is 3.80. The molecule has 0 aromatic carbocycles. The lowest BCUT2D eigenvalue weighted by Gasteiger charge is -2.04. The van der Waals surface area contributed by atoms with Gasteiger partial charge in [0, 0.05) is 16.6 Å². The summed E-state index contributed by atoms with van der Waals surface area (Å²) in [7, 11) is 0.177. The van der Waals surface area contributed by atoms with Crippen LogP contribution in [0, 0.1) is 0 Å². The molecule has 0 aliphatic rings. The number of unbranched alkanes of at least 4 members (excludes halogenated alkanes) is 4. The molecule has 0 aliphatic heterocycles. The number of hydrogen-bond donors (Lipinski definition) is 0. The van der Waals surface area contributed by atoms with E-state index in [1.807, 2.05) is 0 Å². The molecule has 0 radical (unpaired) electrons. The second-order valence-electron chi connectivity index (χ2n) is 4.22. The normalized spacial score (nSPS) is 11.3. The fourth-order valence-electron chi connectivity index (χ4n) is 1.40. The molecule has 0 fully saturated rings. The molecule has 5 heteroatoms. The van der Waals surface area contributed by atoms with Gasteiger partial charge in [0.25, 0.3) is 0 Å². The van der Waals surface area contributed by atoms with Gasteiger partial charge >= 0.3 is 5.97 Å². The van der Waals surface area contributed by atoms with E-state index in [2.05, 4.69) is 51.8 Å². The maximum Gasteiger partial charge on any atom is 0.333 e. The van der Waals surface area contributed by atoms with Crippen LogP contribution in [0.4, 0.5) is 0 Å². The fourth-order valence-corrected chi connectivity index (χ4v) is 4.99. The third-order valence-corrected chi connectivity index (χ3v) is 7.48. The van der Waals surface area contributed by atoms with E-state index in [9.17, 15) is 4.79 Å². The minimum Gasteiger partial charge on any atom is -0.462 e. The van der Waals surface area contributed by atoms with Gasteiger partial charge in [-0.3, -0.25) is 0 Å². The summed E-state index contributed by atoms with van der Waals surface area (Å²) in [4.78, 5) is 11.1. The second-order valence-corrected chi connectivity index (χ2v) is 15.0. The topological polar surface area (TPSA) is 26.3 Å². The van der Waals surface area contributed by atoms with Crippen LogP contribution in [0.15, 0.2) is 12.2 Å². The molecular formula is C12H22I2O2Si. The van der Waals surface area contributed by atoms with Crippen molar-refractivity contribution < 1.29 is 9.53 Å². The molecule has 2 nitrogen and oxygen atoms in total. The Hall–Kier alpha value is 0.887. The van der Waals surface area contributed by atoms with Crippen molar-refractivity contribution in [3.8, 4) is 0 Å². The molecule has 0 saturated heterocycles. The van der Waals surface area contributed by atoms with Crippen LogP contribution in [0.2, 0.25) is 6.04 Å². The number of halogens is 2. The molecule has 0 aromatic heterocycles. The predicted molar refractivity (Wildman–Crippen MR) is 94.0 cm³/mol. The van der Waals surface area contributed by atoms with Crippen molar-refractivity contribution in [1.29, 1.82) is 0 Å². The van der Waals surface area contributed by atoms with Crippen molar-refractivity contribution in [2.45, 2.75) is 46.6 Å². The first-order valence-electron chi connectivity index (χ1n) is 6.15. The number of hydrogen-bond acceptors (Lipinski definition) is 2. The number of carbonyl (C=O) groups is 1. The summed E-state index contributed by atoms with van der Waals surface area (Å²) in [5.41, 5.74) is 0.488. The van der Waals surface area contributed by atoms with Gasteiger partial charge in [-0.2, -0.15) is 0 Å². The van der Waals surface area contributed by atoms with E-state index in [-0.39, 0.29) is 15.5 Å². The van der Waals surface area contributed by atoms with Gasteiger partial charge in [0.1, 0.15) is 0 Å². The maximum atomic E-state index is 11.1. The highest BCUT2D eigenvalue weighted by atomic mass is 127. The lowest BCUT2D eigenvalue weighted by molar-refractivity contribution is -0.139. The van der Waals surface area contributed by atoms with E-state index in [1.165, 1.54) is 31.7 Å². The molecule has 0 N–H and O–H groups in total. The van der Waals surface area contributed by atoms with Crippen molar-refractivity contribution in [3.05, 3.63) is 12.2 Å². The molecule has 0 heterocycles. The lowest BCUT2D eigenvalue weighted by atomic mass is 10.2. The molecule has 0 aromatic rings. The zero-order chi connectivity index (χ0) is 13.1. The summed E-state index contributed by atoms with van der Waals surface area (Å²) in [5, 5.41) is 0. The number of rotatable bonds is 10. The Morgan fingerprint density at radius 3 is 2.41 bits per heavy atom. The molecule has 100 valence electrons. The third-order valence-electron chi connectivity index (χ3n) is 2.40. The van der Waals surface area contributed by atoms with Gasteiger partial charge in [-0.1, -0.05) is 83.5 Å². The van der Waals surface area contributed by atoms with Gasteiger partial charge in [-0.15, -0.1) is 0 Å². The van der Waals surface area contributed by atoms with Crippen LogP contribution in [-0.4, -0.2) is 23.7 Å². The molecule has 0 saturated carbocycles. The second kappa shape index (κ2) is 11.9. The smallest absolute Gasteiger partial charge is 0.333 e. The van der Waals surface area contributed by atoms with Crippen molar-refractivity contribution in [1.82, 2.24) is 0 Å². The Bertz CT molecular complexity index is 233. The van der Waals surface area contributed by atoms with Crippen LogP contribution in [-0.2, 0) is 9.53 Å². The van der Waals surface area contributed by atoms with E-state index in [4.69, 9.17) is 4.74 Å². The Kier molecular flexibility index (Phi) is 12.6. The molecule has 0 spiro atoms. The van der Waals surface area contributed by atoms with Crippen LogP contribution in [0.5, 0.6) is 0 Å². The summed E-state index contributed by atoms with van der Waals surface area (Å²) in [6.07, 6.45) is 6.15. The van der Waals surface area contributed by atoms with E-state index in [0.29, 0.717) is 12.2 Å². The zero-order valence-electron chi connectivity index (χ0n) is 10.5. The Morgan fingerprint density at radius 1 is 1.24 bits per heavy atom. The number of carbonyl (C=O) groups excluding carboxylic acids is 1.